The number of Topliss-reactive ketones (excluding diaryl/α,β-unsaturated/α-hetero) is 1. The third-order valence-corrected chi connectivity index (χ3v) is 4.84. The Bertz CT molecular complexity index is 540. The molecule has 1 N–H and O–H groups in total. The van der Waals surface area contributed by atoms with Gasteiger partial charge in [-0.3, -0.25) is 4.79 Å². The monoisotopic (exact) mass is 242 g/mol. The molecule has 0 radical (unpaired) electrons. The maximum atomic E-state index is 12.3. The lowest BCUT2D eigenvalue weighted by Crippen LogP contribution is -2.53. The normalized spacial score (nSPS) is 31.2. The molecule has 3 aliphatic carbocycles. The van der Waals surface area contributed by atoms with Crippen molar-refractivity contribution in [2.24, 2.45) is 17.3 Å². The molecule has 0 saturated heterocycles. The Morgan fingerprint density at radius 1 is 1.33 bits per heavy atom. The number of benzene rings is 1. The molecule has 0 amide bonds. The summed E-state index contributed by atoms with van der Waals surface area (Å²) in [4.78, 5) is 12.3. The van der Waals surface area contributed by atoms with Crippen LogP contribution < -0.4 is 0 Å². The van der Waals surface area contributed by atoms with Crippen molar-refractivity contribution in [2.75, 3.05) is 0 Å². The molecule has 18 heavy (non-hydrogen) atoms. The minimum absolute atomic E-state index is 0.174. The van der Waals surface area contributed by atoms with Crippen LogP contribution in [0.25, 0.3) is 6.08 Å². The van der Waals surface area contributed by atoms with Crippen molar-refractivity contribution in [3.8, 4) is 5.75 Å². The van der Waals surface area contributed by atoms with E-state index in [0.29, 0.717) is 5.92 Å². The molecule has 0 heterocycles. The molecule has 1 aromatic rings. The van der Waals surface area contributed by atoms with Crippen molar-refractivity contribution in [3.63, 3.8) is 0 Å². The van der Waals surface area contributed by atoms with Gasteiger partial charge in [0.15, 0.2) is 5.78 Å². The lowest BCUT2D eigenvalue weighted by atomic mass is 9.47. The van der Waals surface area contributed by atoms with E-state index in [4.69, 9.17) is 0 Å². The van der Waals surface area contributed by atoms with Crippen LogP contribution in [0.3, 0.4) is 0 Å². The highest BCUT2D eigenvalue weighted by atomic mass is 16.3. The fourth-order valence-electron chi connectivity index (χ4n) is 3.32. The van der Waals surface area contributed by atoms with E-state index in [9.17, 15) is 9.90 Å². The molecular formula is C16H18O2. The van der Waals surface area contributed by atoms with E-state index in [1.54, 1.807) is 12.1 Å². The van der Waals surface area contributed by atoms with Gasteiger partial charge in [0.2, 0.25) is 0 Å². The average molecular weight is 242 g/mol. The second-order valence-corrected chi connectivity index (χ2v) is 6.10. The Kier molecular flexibility index (Phi) is 2.37. The molecule has 94 valence electrons. The number of phenolic OH excluding ortho intramolecular Hbond substituents is 1. The Labute approximate surface area is 107 Å². The summed E-state index contributed by atoms with van der Waals surface area (Å²) in [6.45, 7) is 4.39. The van der Waals surface area contributed by atoms with E-state index in [1.165, 1.54) is 0 Å². The van der Waals surface area contributed by atoms with Gasteiger partial charge in [-0.25, -0.2) is 0 Å². The van der Waals surface area contributed by atoms with Gasteiger partial charge in [0.25, 0.3) is 0 Å². The first-order valence-corrected chi connectivity index (χ1v) is 6.53. The Morgan fingerprint density at radius 2 is 2.06 bits per heavy atom. The van der Waals surface area contributed by atoms with Crippen LogP contribution in [0.15, 0.2) is 29.8 Å². The van der Waals surface area contributed by atoms with Crippen LogP contribution >= 0.6 is 0 Å². The minimum Gasteiger partial charge on any atom is -0.507 e. The molecule has 4 rings (SSSR count). The number of fused-ring (bicyclic) bond motifs is 2. The summed E-state index contributed by atoms with van der Waals surface area (Å²) in [5.41, 5.74) is 1.81. The van der Waals surface area contributed by atoms with Gasteiger partial charge < -0.3 is 5.11 Å². The highest BCUT2D eigenvalue weighted by Crippen LogP contribution is 2.59. The molecule has 0 spiro atoms. The van der Waals surface area contributed by atoms with E-state index < -0.39 is 0 Å². The molecule has 3 saturated carbocycles. The zero-order valence-electron chi connectivity index (χ0n) is 10.8. The van der Waals surface area contributed by atoms with Crippen LogP contribution in [0, 0.1) is 17.3 Å². The summed E-state index contributed by atoms with van der Waals surface area (Å²) in [6, 6.07) is 7.18. The van der Waals surface area contributed by atoms with Crippen molar-refractivity contribution in [3.05, 3.63) is 35.4 Å². The summed E-state index contributed by atoms with van der Waals surface area (Å²) in [7, 11) is 0. The van der Waals surface area contributed by atoms with Crippen molar-refractivity contribution in [1.82, 2.24) is 0 Å². The predicted molar refractivity (Wildman–Crippen MR) is 71.1 cm³/mol. The maximum absolute atomic E-state index is 12.3. The summed E-state index contributed by atoms with van der Waals surface area (Å²) in [5, 5.41) is 9.75. The number of ketones is 1. The van der Waals surface area contributed by atoms with Gasteiger partial charge in [-0.15, -0.1) is 0 Å². The van der Waals surface area contributed by atoms with Gasteiger partial charge in [0.1, 0.15) is 5.75 Å². The molecule has 2 nitrogen and oxygen atoms in total. The second-order valence-electron chi connectivity index (χ2n) is 6.10. The third kappa shape index (κ3) is 1.52. The number of hydrogen-bond donors (Lipinski definition) is 1. The highest BCUT2D eigenvalue weighted by Gasteiger charge is 2.55. The fourth-order valence-corrected chi connectivity index (χ4v) is 3.32. The van der Waals surface area contributed by atoms with Gasteiger partial charge in [-0.1, -0.05) is 32.0 Å². The minimum atomic E-state index is 0.174. The number of allylic oxidation sites excluding steroid dienone is 1. The molecule has 0 unspecified atom stereocenters. The largest absolute Gasteiger partial charge is 0.507 e. The van der Waals surface area contributed by atoms with Crippen LogP contribution in [0.5, 0.6) is 5.75 Å². The third-order valence-electron chi connectivity index (χ3n) is 4.84. The summed E-state index contributed by atoms with van der Waals surface area (Å²) < 4.78 is 0. The number of phenols is 1. The van der Waals surface area contributed by atoms with Crippen LogP contribution in [0.1, 0.15) is 32.3 Å². The van der Waals surface area contributed by atoms with Gasteiger partial charge >= 0.3 is 0 Å². The first kappa shape index (κ1) is 11.5. The van der Waals surface area contributed by atoms with Crippen LogP contribution in [-0.4, -0.2) is 10.9 Å². The fraction of sp³-hybridized carbons (Fsp3) is 0.438. The summed E-state index contributed by atoms with van der Waals surface area (Å²) >= 11 is 0. The zero-order chi connectivity index (χ0) is 12.9. The first-order valence-electron chi connectivity index (χ1n) is 6.53. The Balaban J connectivity index is 1.92. The Morgan fingerprint density at radius 3 is 2.67 bits per heavy atom. The number of para-hydroxylation sites is 1. The van der Waals surface area contributed by atoms with E-state index in [0.717, 1.165) is 24.0 Å². The highest BCUT2D eigenvalue weighted by molar-refractivity contribution is 6.03. The quantitative estimate of drug-likeness (QED) is 0.766. The summed E-state index contributed by atoms with van der Waals surface area (Å²) in [5.74, 6) is 1.34. The van der Waals surface area contributed by atoms with E-state index in [2.05, 4.69) is 13.8 Å². The average Bonchev–Trinajstić information content (AvgIpc) is 2.33. The SMILES string of the molecule is CC1(C)[C@@H]2C/C(=C\c3ccccc3O)C(=O)[C@H]1C2. The molecule has 0 aliphatic heterocycles. The molecule has 2 atom stereocenters. The standard InChI is InChI=1S/C16H18O2/c1-16(2)12-8-11(15(18)13(16)9-12)7-10-5-3-4-6-14(10)17/h3-7,12-13,17H,8-9H2,1-2H3/b11-7+/t12-,13-/m1/s1. The van der Waals surface area contributed by atoms with Gasteiger partial charge in [-0.05, 0) is 41.9 Å². The number of carbonyl (C=O) groups is 1. The first-order chi connectivity index (χ1) is 8.50. The van der Waals surface area contributed by atoms with Gasteiger partial charge in [-0.2, -0.15) is 0 Å². The number of rotatable bonds is 1. The maximum Gasteiger partial charge on any atom is 0.162 e. The van der Waals surface area contributed by atoms with Gasteiger partial charge in [0, 0.05) is 11.5 Å². The van der Waals surface area contributed by atoms with Gasteiger partial charge in [0.05, 0.1) is 0 Å². The topological polar surface area (TPSA) is 37.3 Å². The number of carbonyl (C=O) groups excluding carboxylic acids is 1. The van der Waals surface area contributed by atoms with Crippen molar-refractivity contribution in [2.45, 2.75) is 26.7 Å². The van der Waals surface area contributed by atoms with E-state index in [-0.39, 0.29) is 22.9 Å². The van der Waals surface area contributed by atoms with E-state index in [1.807, 2.05) is 18.2 Å². The molecule has 2 bridgehead atoms. The number of hydrogen-bond acceptors (Lipinski definition) is 2. The van der Waals surface area contributed by atoms with Crippen molar-refractivity contribution < 1.29 is 9.90 Å². The number of aromatic hydroxyl groups is 1. The van der Waals surface area contributed by atoms with Crippen LogP contribution in [0.4, 0.5) is 0 Å². The molecule has 2 heteroatoms. The van der Waals surface area contributed by atoms with Crippen molar-refractivity contribution in [1.29, 1.82) is 0 Å². The Hall–Kier alpha value is -1.57. The molecule has 0 aromatic heterocycles. The van der Waals surface area contributed by atoms with Crippen LogP contribution in [0.2, 0.25) is 0 Å². The lowest BCUT2D eigenvalue weighted by molar-refractivity contribution is -0.140. The molecule has 3 aliphatic rings. The molecule has 1 aromatic carbocycles. The van der Waals surface area contributed by atoms with Crippen LogP contribution in [-0.2, 0) is 4.79 Å². The second kappa shape index (κ2) is 3.71. The molecule has 3 fully saturated rings. The molecular weight excluding hydrogens is 224 g/mol. The predicted octanol–water partition coefficient (Wildman–Crippen LogP) is 3.41. The summed E-state index contributed by atoms with van der Waals surface area (Å²) in [6.07, 6.45) is 3.77. The zero-order valence-corrected chi connectivity index (χ0v) is 10.8. The van der Waals surface area contributed by atoms with E-state index >= 15 is 0 Å². The lowest BCUT2D eigenvalue weighted by Gasteiger charge is -2.56. The smallest absolute Gasteiger partial charge is 0.162 e. The van der Waals surface area contributed by atoms with Crippen molar-refractivity contribution >= 4 is 11.9 Å².